The molecule has 0 saturated carbocycles. The third-order valence-electron chi connectivity index (χ3n) is 2.30. The molecule has 0 bridgehead atoms. The first-order chi connectivity index (χ1) is 8.52. The van der Waals surface area contributed by atoms with Gasteiger partial charge in [-0.25, -0.2) is 9.18 Å². The zero-order valence-electron chi connectivity index (χ0n) is 10.3. The van der Waals surface area contributed by atoms with Crippen molar-refractivity contribution in [1.82, 2.24) is 4.90 Å². The number of rotatable bonds is 4. The molecule has 0 aromatic heterocycles. The van der Waals surface area contributed by atoms with Gasteiger partial charge in [-0.15, -0.1) is 0 Å². The maximum absolute atomic E-state index is 12.9. The molecule has 0 aliphatic rings. The average molecular weight is 254 g/mol. The number of hydrogen-bond donors (Lipinski definition) is 1. The number of benzene rings is 1. The molecular formula is C12H15FN2O3. The number of amides is 2. The van der Waals surface area contributed by atoms with E-state index in [1.54, 1.807) is 6.07 Å². The molecule has 0 spiro atoms. The monoisotopic (exact) mass is 254 g/mol. The van der Waals surface area contributed by atoms with Gasteiger partial charge in [-0.05, 0) is 18.2 Å². The summed E-state index contributed by atoms with van der Waals surface area (Å²) < 4.78 is 17.4. The lowest BCUT2D eigenvalue weighted by molar-refractivity contribution is -0.140. The van der Waals surface area contributed by atoms with Gasteiger partial charge in [0.05, 0.1) is 13.5 Å². The van der Waals surface area contributed by atoms with E-state index in [0.29, 0.717) is 5.69 Å². The number of anilines is 1. The van der Waals surface area contributed by atoms with Gasteiger partial charge in [-0.2, -0.15) is 0 Å². The van der Waals surface area contributed by atoms with Gasteiger partial charge in [-0.3, -0.25) is 4.79 Å². The Morgan fingerprint density at radius 3 is 2.78 bits per heavy atom. The van der Waals surface area contributed by atoms with Crippen LogP contribution >= 0.6 is 0 Å². The highest BCUT2D eigenvalue weighted by molar-refractivity contribution is 5.89. The van der Waals surface area contributed by atoms with Crippen LogP contribution in [0.25, 0.3) is 0 Å². The van der Waals surface area contributed by atoms with Crippen molar-refractivity contribution in [2.24, 2.45) is 0 Å². The van der Waals surface area contributed by atoms with Gasteiger partial charge in [-0.1, -0.05) is 6.07 Å². The van der Waals surface area contributed by atoms with Crippen LogP contribution in [0, 0.1) is 5.82 Å². The number of methoxy groups -OCH3 is 1. The Balaban J connectivity index is 2.47. The highest BCUT2D eigenvalue weighted by atomic mass is 19.1. The predicted octanol–water partition coefficient (Wildman–Crippen LogP) is 1.85. The van der Waals surface area contributed by atoms with Crippen LogP contribution < -0.4 is 5.32 Å². The first-order valence-corrected chi connectivity index (χ1v) is 5.37. The van der Waals surface area contributed by atoms with Crippen LogP contribution in [0.1, 0.15) is 6.42 Å². The van der Waals surface area contributed by atoms with Crippen LogP contribution in [-0.2, 0) is 9.53 Å². The lowest BCUT2D eigenvalue weighted by Gasteiger charge is -2.17. The van der Waals surface area contributed by atoms with Crippen molar-refractivity contribution in [1.29, 1.82) is 0 Å². The molecule has 98 valence electrons. The van der Waals surface area contributed by atoms with Crippen molar-refractivity contribution < 1.29 is 18.7 Å². The van der Waals surface area contributed by atoms with Crippen LogP contribution in [0.5, 0.6) is 0 Å². The fourth-order valence-corrected chi connectivity index (χ4v) is 1.25. The summed E-state index contributed by atoms with van der Waals surface area (Å²) in [6, 6.07) is 5.17. The highest BCUT2D eigenvalue weighted by Crippen LogP contribution is 2.09. The summed E-state index contributed by atoms with van der Waals surface area (Å²) in [6.07, 6.45) is 0.115. The molecule has 18 heavy (non-hydrogen) atoms. The van der Waals surface area contributed by atoms with Crippen LogP contribution in [-0.4, -0.2) is 37.6 Å². The number of nitrogens with zero attached hydrogens (tertiary/aromatic N) is 1. The van der Waals surface area contributed by atoms with E-state index >= 15 is 0 Å². The quantitative estimate of drug-likeness (QED) is 0.834. The first kappa shape index (κ1) is 14.0. The van der Waals surface area contributed by atoms with E-state index < -0.39 is 11.8 Å². The van der Waals surface area contributed by atoms with Crippen LogP contribution in [0.3, 0.4) is 0 Å². The zero-order chi connectivity index (χ0) is 13.5. The number of carbonyl (C=O) groups excluding carboxylic acids is 2. The minimum atomic E-state index is -0.426. The Labute approximate surface area is 105 Å². The maximum Gasteiger partial charge on any atom is 0.321 e. The van der Waals surface area contributed by atoms with Gasteiger partial charge in [0.1, 0.15) is 5.82 Å². The Hall–Kier alpha value is -2.11. The van der Waals surface area contributed by atoms with E-state index in [9.17, 15) is 14.0 Å². The molecule has 0 unspecified atom stereocenters. The topological polar surface area (TPSA) is 58.6 Å². The first-order valence-electron chi connectivity index (χ1n) is 5.37. The molecule has 0 radical (unpaired) electrons. The molecule has 0 saturated heterocycles. The summed E-state index contributed by atoms with van der Waals surface area (Å²) in [6.45, 7) is 0.230. The molecule has 0 aliphatic heterocycles. The summed E-state index contributed by atoms with van der Waals surface area (Å²) >= 11 is 0. The smallest absolute Gasteiger partial charge is 0.321 e. The van der Waals surface area contributed by atoms with Crippen molar-refractivity contribution in [2.75, 3.05) is 26.0 Å². The second-order valence-electron chi connectivity index (χ2n) is 3.69. The van der Waals surface area contributed by atoms with Gasteiger partial charge >= 0.3 is 12.0 Å². The summed E-state index contributed by atoms with van der Waals surface area (Å²) in [5, 5.41) is 2.52. The average Bonchev–Trinajstić information content (AvgIpc) is 2.35. The van der Waals surface area contributed by atoms with Crippen molar-refractivity contribution in [2.45, 2.75) is 6.42 Å². The molecule has 1 aromatic rings. The second kappa shape index (κ2) is 6.58. The molecule has 5 nitrogen and oxygen atoms in total. The molecule has 6 heteroatoms. The molecule has 1 N–H and O–H groups in total. The molecule has 0 atom stereocenters. The minimum Gasteiger partial charge on any atom is -0.469 e. The third kappa shape index (κ3) is 4.40. The number of halogens is 1. The number of carbonyl (C=O) groups is 2. The lowest BCUT2D eigenvalue weighted by Crippen LogP contribution is -2.33. The summed E-state index contributed by atoms with van der Waals surface area (Å²) in [5.41, 5.74) is 0.366. The fraction of sp³-hybridized carbons (Fsp3) is 0.333. The van der Waals surface area contributed by atoms with Gasteiger partial charge in [0.2, 0.25) is 0 Å². The molecule has 0 fully saturated rings. The van der Waals surface area contributed by atoms with Crippen LogP contribution in [0.2, 0.25) is 0 Å². The molecule has 0 aliphatic carbocycles. The highest BCUT2D eigenvalue weighted by Gasteiger charge is 2.11. The van der Waals surface area contributed by atoms with Crippen molar-refractivity contribution in [3.63, 3.8) is 0 Å². The number of urea groups is 1. The van der Waals surface area contributed by atoms with E-state index in [0.717, 1.165) is 0 Å². The van der Waals surface area contributed by atoms with Crippen molar-refractivity contribution in [3.8, 4) is 0 Å². The Morgan fingerprint density at radius 2 is 2.17 bits per heavy atom. The number of nitrogens with one attached hydrogen (secondary N) is 1. The molecule has 1 aromatic carbocycles. The second-order valence-corrected chi connectivity index (χ2v) is 3.69. The van der Waals surface area contributed by atoms with Gasteiger partial charge < -0.3 is 15.0 Å². The molecule has 0 heterocycles. The van der Waals surface area contributed by atoms with Crippen molar-refractivity contribution >= 4 is 17.7 Å². The van der Waals surface area contributed by atoms with Crippen LogP contribution in [0.15, 0.2) is 24.3 Å². The maximum atomic E-state index is 12.9. The van der Waals surface area contributed by atoms with Gasteiger partial charge in [0.15, 0.2) is 0 Å². The van der Waals surface area contributed by atoms with Crippen LogP contribution in [0.4, 0.5) is 14.9 Å². The summed E-state index contributed by atoms with van der Waals surface area (Å²) in [7, 11) is 2.83. The van der Waals surface area contributed by atoms with Gasteiger partial charge in [0, 0.05) is 19.3 Å². The molecular weight excluding hydrogens is 239 g/mol. The minimum absolute atomic E-state index is 0.115. The Bertz CT molecular complexity index is 437. The molecule has 1 rings (SSSR count). The normalized spacial score (nSPS) is 9.72. The van der Waals surface area contributed by atoms with Gasteiger partial charge in [0.25, 0.3) is 0 Å². The summed E-state index contributed by atoms with van der Waals surface area (Å²) in [5.74, 6) is -0.814. The van der Waals surface area contributed by atoms with Crippen molar-refractivity contribution in [3.05, 3.63) is 30.1 Å². The number of hydrogen-bond acceptors (Lipinski definition) is 3. The van der Waals surface area contributed by atoms with E-state index in [-0.39, 0.29) is 18.9 Å². The fourth-order valence-electron chi connectivity index (χ4n) is 1.25. The van der Waals surface area contributed by atoms with E-state index in [1.165, 1.54) is 37.3 Å². The SMILES string of the molecule is COC(=O)CCN(C)C(=O)Nc1cccc(F)c1. The lowest BCUT2D eigenvalue weighted by atomic mass is 10.3. The zero-order valence-corrected chi connectivity index (χ0v) is 10.3. The van der Waals surface area contributed by atoms with E-state index in [2.05, 4.69) is 10.1 Å². The van der Waals surface area contributed by atoms with E-state index in [4.69, 9.17) is 0 Å². The number of ether oxygens (including phenoxy) is 1. The van der Waals surface area contributed by atoms with E-state index in [1.807, 2.05) is 0 Å². The Kier molecular flexibility index (Phi) is 5.10. The predicted molar refractivity (Wildman–Crippen MR) is 64.7 cm³/mol. The number of esters is 1. The third-order valence-corrected chi connectivity index (χ3v) is 2.30. The largest absolute Gasteiger partial charge is 0.469 e. The standard InChI is InChI=1S/C12H15FN2O3/c1-15(7-6-11(16)18-2)12(17)14-10-5-3-4-9(13)8-10/h3-5,8H,6-7H2,1-2H3,(H,14,17). The molecule has 2 amide bonds. The Morgan fingerprint density at radius 1 is 1.44 bits per heavy atom. The summed E-state index contributed by atoms with van der Waals surface area (Å²) in [4.78, 5) is 23.9.